The third-order valence-corrected chi connectivity index (χ3v) is 2.38. The zero-order chi connectivity index (χ0) is 9.14. The van der Waals surface area contributed by atoms with Crippen LogP contribution in [0.15, 0.2) is 29.3 Å². The molecule has 0 atom stereocenters. The van der Waals surface area contributed by atoms with Crippen LogP contribution in [0.5, 0.6) is 0 Å². The van der Waals surface area contributed by atoms with Gasteiger partial charge in [0.2, 0.25) is 0 Å². The van der Waals surface area contributed by atoms with Crippen LogP contribution >= 0.6 is 15.9 Å². The lowest BCUT2D eigenvalue weighted by Gasteiger charge is -2.06. The molecule has 0 saturated carbocycles. The van der Waals surface area contributed by atoms with Gasteiger partial charge >= 0.3 is 0 Å². The molecule has 1 aromatic rings. The molecule has 0 aliphatic heterocycles. The van der Waals surface area contributed by atoms with E-state index in [1.165, 1.54) is 16.7 Å². The molecule has 12 heavy (non-hydrogen) atoms. The predicted octanol–water partition coefficient (Wildman–Crippen LogP) is 3.75. The maximum absolute atomic E-state index is 3.84. The van der Waals surface area contributed by atoms with Gasteiger partial charge in [0, 0.05) is 6.42 Å². The summed E-state index contributed by atoms with van der Waals surface area (Å²) in [7, 11) is 0. The molecular formula is C11H13Br. The van der Waals surface area contributed by atoms with Gasteiger partial charge in [-0.05, 0) is 35.0 Å². The summed E-state index contributed by atoms with van der Waals surface area (Å²) in [5.74, 6) is 0. The molecule has 0 fully saturated rings. The van der Waals surface area contributed by atoms with Crippen molar-refractivity contribution in [2.24, 2.45) is 0 Å². The first kappa shape index (κ1) is 9.53. The Morgan fingerprint density at radius 2 is 2.08 bits per heavy atom. The van der Waals surface area contributed by atoms with Crippen molar-refractivity contribution in [3.8, 4) is 0 Å². The molecular weight excluding hydrogens is 212 g/mol. The molecule has 1 heteroatoms. The Hall–Kier alpha value is -0.560. The van der Waals surface area contributed by atoms with E-state index in [0.717, 1.165) is 10.9 Å². The minimum absolute atomic E-state index is 0.924. The minimum Gasteiger partial charge on any atom is -0.0885 e. The standard InChI is InChI=1S/C11H13Br/c1-8-5-4-6-11(10(8)3)7-9(2)12/h4-6H,2,7H2,1,3H3. The molecule has 0 unspecified atom stereocenters. The van der Waals surface area contributed by atoms with Gasteiger partial charge in [-0.25, -0.2) is 0 Å². The fourth-order valence-corrected chi connectivity index (χ4v) is 1.51. The molecule has 1 rings (SSSR count). The summed E-state index contributed by atoms with van der Waals surface area (Å²) in [4.78, 5) is 0. The van der Waals surface area contributed by atoms with E-state index in [4.69, 9.17) is 0 Å². The van der Waals surface area contributed by atoms with Crippen LogP contribution in [0.2, 0.25) is 0 Å². The van der Waals surface area contributed by atoms with Gasteiger partial charge in [0.15, 0.2) is 0 Å². The van der Waals surface area contributed by atoms with Gasteiger partial charge in [-0.1, -0.05) is 40.7 Å². The van der Waals surface area contributed by atoms with Gasteiger partial charge in [-0.15, -0.1) is 0 Å². The molecule has 0 amide bonds. The zero-order valence-corrected chi connectivity index (χ0v) is 9.11. The number of allylic oxidation sites excluding steroid dienone is 1. The van der Waals surface area contributed by atoms with E-state index >= 15 is 0 Å². The predicted molar refractivity (Wildman–Crippen MR) is 57.7 cm³/mol. The highest BCUT2D eigenvalue weighted by molar-refractivity contribution is 9.11. The van der Waals surface area contributed by atoms with Crippen LogP contribution in [0.25, 0.3) is 0 Å². The third-order valence-electron chi connectivity index (χ3n) is 2.10. The van der Waals surface area contributed by atoms with Crippen LogP contribution in [0.1, 0.15) is 16.7 Å². The molecule has 0 aliphatic carbocycles. The zero-order valence-electron chi connectivity index (χ0n) is 7.52. The molecule has 0 heterocycles. The molecule has 1 aromatic carbocycles. The lowest BCUT2D eigenvalue weighted by molar-refractivity contribution is 1.18. The Bertz CT molecular complexity index is 300. The van der Waals surface area contributed by atoms with E-state index in [2.05, 4.69) is 54.6 Å². The number of rotatable bonds is 2. The largest absolute Gasteiger partial charge is 0.0885 e. The van der Waals surface area contributed by atoms with Crippen LogP contribution in [0.3, 0.4) is 0 Å². The quantitative estimate of drug-likeness (QED) is 0.718. The van der Waals surface area contributed by atoms with Crippen LogP contribution in [-0.2, 0) is 6.42 Å². The maximum atomic E-state index is 3.84. The van der Waals surface area contributed by atoms with Crippen LogP contribution in [-0.4, -0.2) is 0 Å². The molecule has 0 spiro atoms. The normalized spacial score (nSPS) is 9.92. The minimum atomic E-state index is 0.924. The van der Waals surface area contributed by atoms with E-state index < -0.39 is 0 Å². The average molecular weight is 225 g/mol. The first-order valence-corrected chi connectivity index (χ1v) is 4.79. The van der Waals surface area contributed by atoms with E-state index in [1.807, 2.05) is 0 Å². The lowest BCUT2D eigenvalue weighted by Crippen LogP contribution is -1.91. The summed E-state index contributed by atoms with van der Waals surface area (Å²) in [6, 6.07) is 6.37. The number of halogens is 1. The first-order valence-electron chi connectivity index (χ1n) is 3.99. The second kappa shape index (κ2) is 3.90. The summed E-state index contributed by atoms with van der Waals surface area (Å²) in [6.45, 7) is 8.13. The Labute approximate surface area is 82.4 Å². The molecule has 64 valence electrons. The molecule has 0 nitrogen and oxygen atoms in total. The highest BCUT2D eigenvalue weighted by Crippen LogP contribution is 2.17. The molecule has 0 saturated heterocycles. The lowest BCUT2D eigenvalue weighted by atomic mass is 10.0. The van der Waals surface area contributed by atoms with Crippen molar-refractivity contribution in [3.05, 3.63) is 46.0 Å². The molecule has 0 bridgehead atoms. The van der Waals surface area contributed by atoms with Crippen molar-refractivity contribution in [3.63, 3.8) is 0 Å². The third kappa shape index (κ3) is 2.21. The Morgan fingerprint density at radius 1 is 1.42 bits per heavy atom. The highest BCUT2D eigenvalue weighted by Gasteiger charge is 2.00. The van der Waals surface area contributed by atoms with Crippen molar-refractivity contribution in [1.29, 1.82) is 0 Å². The summed E-state index contributed by atoms with van der Waals surface area (Å²) >= 11 is 3.38. The van der Waals surface area contributed by atoms with Crippen molar-refractivity contribution in [1.82, 2.24) is 0 Å². The van der Waals surface area contributed by atoms with Crippen LogP contribution < -0.4 is 0 Å². The SMILES string of the molecule is C=C(Br)Cc1cccc(C)c1C. The number of hydrogen-bond donors (Lipinski definition) is 0. The molecule has 0 N–H and O–H groups in total. The van der Waals surface area contributed by atoms with E-state index in [1.54, 1.807) is 0 Å². The fourth-order valence-electron chi connectivity index (χ4n) is 1.21. The second-order valence-corrected chi connectivity index (χ2v) is 4.17. The fraction of sp³-hybridized carbons (Fsp3) is 0.273. The summed E-state index contributed by atoms with van der Waals surface area (Å²) < 4.78 is 1.04. The van der Waals surface area contributed by atoms with Gasteiger partial charge in [0.25, 0.3) is 0 Å². The van der Waals surface area contributed by atoms with Gasteiger partial charge in [-0.2, -0.15) is 0 Å². The van der Waals surface area contributed by atoms with E-state index in [0.29, 0.717) is 0 Å². The average Bonchev–Trinajstić information content (AvgIpc) is 1.98. The Kier molecular flexibility index (Phi) is 3.10. The van der Waals surface area contributed by atoms with Gasteiger partial charge < -0.3 is 0 Å². The van der Waals surface area contributed by atoms with Crippen molar-refractivity contribution in [2.75, 3.05) is 0 Å². The van der Waals surface area contributed by atoms with Crippen LogP contribution in [0.4, 0.5) is 0 Å². The first-order chi connectivity index (χ1) is 5.61. The monoisotopic (exact) mass is 224 g/mol. The smallest absolute Gasteiger partial charge is 0.00374 e. The van der Waals surface area contributed by atoms with Gasteiger partial charge in [0.05, 0.1) is 0 Å². The number of benzene rings is 1. The summed E-state index contributed by atoms with van der Waals surface area (Å²) in [5, 5.41) is 0. The topological polar surface area (TPSA) is 0 Å². The van der Waals surface area contributed by atoms with Crippen LogP contribution in [0, 0.1) is 13.8 Å². The number of aryl methyl sites for hydroxylation is 1. The summed E-state index contributed by atoms with van der Waals surface area (Å²) in [6.07, 6.45) is 0.924. The maximum Gasteiger partial charge on any atom is 0.00374 e. The summed E-state index contributed by atoms with van der Waals surface area (Å²) in [5.41, 5.74) is 4.08. The van der Waals surface area contributed by atoms with Crippen molar-refractivity contribution < 1.29 is 0 Å². The highest BCUT2D eigenvalue weighted by atomic mass is 79.9. The van der Waals surface area contributed by atoms with Gasteiger partial charge in [-0.3, -0.25) is 0 Å². The Morgan fingerprint density at radius 3 is 2.67 bits per heavy atom. The number of hydrogen-bond acceptors (Lipinski definition) is 0. The Balaban J connectivity index is 3.00. The van der Waals surface area contributed by atoms with E-state index in [9.17, 15) is 0 Å². The molecule has 0 aromatic heterocycles. The molecule has 0 aliphatic rings. The van der Waals surface area contributed by atoms with Crippen molar-refractivity contribution >= 4 is 15.9 Å². The van der Waals surface area contributed by atoms with E-state index in [-0.39, 0.29) is 0 Å². The van der Waals surface area contributed by atoms with Gasteiger partial charge in [0.1, 0.15) is 0 Å². The van der Waals surface area contributed by atoms with Crippen molar-refractivity contribution in [2.45, 2.75) is 20.3 Å². The second-order valence-electron chi connectivity index (χ2n) is 3.05. The molecule has 0 radical (unpaired) electrons.